The lowest BCUT2D eigenvalue weighted by Gasteiger charge is -2.26. The molecule has 20 nitrogen and oxygen atoms in total. The Hall–Kier alpha value is -8.33. The lowest BCUT2D eigenvalue weighted by molar-refractivity contribution is -0.208. The first-order valence-corrected chi connectivity index (χ1v) is 39.4. The van der Waals surface area contributed by atoms with Crippen LogP contribution in [0.1, 0.15) is 110 Å². The van der Waals surface area contributed by atoms with E-state index in [-0.39, 0.29) is 35.1 Å². The highest BCUT2D eigenvalue weighted by atomic mass is 28.3. The molecule has 0 aromatic heterocycles. The van der Waals surface area contributed by atoms with Crippen LogP contribution in [-0.2, 0) is 58.0 Å². The highest BCUT2D eigenvalue weighted by molar-refractivity contribution is 6.97. The van der Waals surface area contributed by atoms with E-state index >= 15 is 0 Å². The van der Waals surface area contributed by atoms with Crippen molar-refractivity contribution in [3.05, 3.63) is 168 Å². The van der Waals surface area contributed by atoms with Crippen LogP contribution in [0.15, 0.2) is 146 Å². The van der Waals surface area contributed by atoms with Gasteiger partial charge in [0, 0.05) is 11.8 Å². The van der Waals surface area contributed by atoms with Crippen LogP contribution in [0.5, 0.6) is 0 Å². The second kappa shape index (κ2) is 35.5. The van der Waals surface area contributed by atoms with Crippen molar-refractivity contribution < 1.29 is 96.4 Å². The average molecular weight is 1280 g/mol. The van der Waals surface area contributed by atoms with Gasteiger partial charge in [-0.25, -0.2) is 58.3 Å². The van der Waals surface area contributed by atoms with Crippen LogP contribution >= 0.6 is 0 Å². The topological polar surface area (TPSA) is 247 Å². The monoisotopic (exact) mass is 1280 g/mol. The normalized spacial score (nSPS) is 12.0. The van der Waals surface area contributed by atoms with Gasteiger partial charge in [0.1, 0.15) is 32.3 Å². The SMILES string of the molecule is C=C[Si](CC)(CC)c1ccc(C(=O)OOC(=O)OCCC(COC(=O)OOC(=O)c2ccc([Si](C=C)(CC)CC)cc2)C(CCOC(=O)OOC(=O)c2ccc([Si](C=C)(CC)CC)cc2)COC(=O)OOC(=O)c2ccc([Si](C=C)(CC)CC)cc2)cc1. The Bertz CT molecular complexity index is 2800. The van der Waals surface area contributed by atoms with E-state index in [1.165, 1.54) is 24.3 Å². The fourth-order valence-corrected chi connectivity index (χ4v) is 22.3. The molecular formula is C64H82O20Si4. The van der Waals surface area contributed by atoms with Crippen LogP contribution in [0.2, 0.25) is 48.4 Å². The van der Waals surface area contributed by atoms with E-state index in [0.717, 1.165) is 69.1 Å². The van der Waals surface area contributed by atoms with Gasteiger partial charge in [-0.3, -0.25) is 0 Å². The molecule has 0 fully saturated rings. The summed E-state index contributed by atoms with van der Waals surface area (Å²) in [6.07, 6.45) is -6.41. The fourth-order valence-electron chi connectivity index (χ4n) is 10.4. The van der Waals surface area contributed by atoms with E-state index in [0.29, 0.717) is 0 Å². The van der Waals surface area contributed by atoms with Crippen molar-refractivity contribution in [3.8, 4) is 0 Å². The highest BCUT2D eigenvalue weighted by Crippen LogP contribution is 2.25. The number of carbonyl (C=O) groups is 8. The number of hydrogen-bond donors (Lipinski definition) is 0. The maximum atomic E-state index is 13.1. The molecule has 24 heteroatoms. The van der Waals surface area contributed by atoms with Crippen LogP contribution in [0, 0.1) is 11.8 Å². The van der Waals surface area contributed by atoms with Gasteiger partial charge in [0.05, 0.1) is 48.7 Å². The summed E-state index contributed by atoms with van der Waals surface area (Å²) in [6, 6.07) is 34.0. The molecule has 0 N–H and O–H groups in total. The van der Waals surface area contributed by atoms with Crippen molar-refractivity contribution in [2.45, 2.75) is 117 Å². The molecule has 88 heavy (non-hydrogen) atoms. The molecule has 2 unspecified atom stereocenters. The number of ether oxygens (including phenoxy) is 4. The van der Waals surface area contributed by atoms with Crippen molar-refractivity contribution in [2.75, 3.05) is 26.4 Å². The molecule has 0 bridgehead atoms. The van der Waals surface area contributed by atoms with Gasteiger partial charge < -0.3 is 18.9 Å². The van der Waals surface area contributed by atoms with Crippen LogP contribution in [-0.4, -0.2) is 107 Å². The zero-order chi connectivity index (χ0) is 64.9. The van der Waals surface area contributed by atoms with Gasteiger partial charge in [0.2, 0.25) is 0 Å². The predicted octanol–water partition coefficient (Wildman–Crippen LogP) is 12.4. The third-order valence-electron chi connectivity index (χ3n) is 17.0. The molecule has 4 aromatic rings. The molecule has 4 aromatic carbocycles. The largest absolute Gasteiger partial charge is 0.549 e. The molecule has 0 saturated heterocycles. The van der Waals surface area contributed by atoms with Gasteiger partial charge in [-0.2, -0.15) is 19.2 Å². The molecule has 0 saturated carbocycles. The highest BCUT2D eigenvalue weighted by Gasteiger charge is 2.33. The summed E-state index contributed by atoms with van der Waals surface area (Å²) in [7, 11) is -7.99. The van der Waals surface area contributed by atoms with Crippen molar-refractivity contribution in [3.63, 3.8) is 0 Å². The lowest BCUT2D eigenvalue weighted by Crippen LogP contribution is -2.44. The number of rotatable bonds is 31. The second-order valence-corrected chi connectivity index (χ2v) is 39.7. The first kappa shape index (κ1) is 72.1. The molecular weight excluding hydrogens is 1200 g/mol. The maximum absolute atomic E-state index is 13.1. The molecule has 0 aliphatic rings. The number of carbonyl (C=O) groups excluding carboxylic acids is 8. The van der Waals surface area contributed by atoms with E-state index in [1.54, 1.807) is 48.5 Å². The predicted molar refractivity (Wildman–Crippen MR) is 340 cm³/mol. The summed E-state index contributed by atoms with van der Waals surface area (Å²) < 4.78 is 21.1. The summed E-state index contributed by atoms with van der Waals surface area (Å²) in [4.78, 5) is 142. The summed E-state index contributed by atoms with van der Waals surface area (Å²) in [5, 5.41) is 4.22. The van der Waals surface area contributed by atoms with E-state index in [4.69, 9.17) is 48.3 Å². The smallest absolute Gasteiger partial charge is 0.432 e. The Morgan fingerprint density at radius 1 is 0.318 bits per heavy atom. The van der Waals surface area contributed by atoms with E-state index in [2.05, 4.69) is 91.5 Å². The first-order valence-electron chi connectivity index (χ1n) is 29.4. The Morgan fingerprint density at radius 2 is 0.511 bits per heavy atom. The van der Waals surface area contributed by atoms with Gasteiger partial charge in [-0.05, 0) is 61.4 Å². The standard InChI is InChI=1S/C64H82O20Si4/c1-13-85(14-2,15-3)53-33-25-47(26-34-53)57(65)77-81-61(69)73-43-41-51(45-75-63(71)83-79-59(67)49-29-37-55(38-30-49)87(19-7,20-8)21-9)52(46-76-64(72)84-80-60(68)50-31-39-56(40-32-50)88(22-10,23-11)24-12)42-44-74-62(70)82-78-58(66)48-27-35-54(36-28-48)86(16-4,17-5)18-6/h13,16,19,22,25-40,51-52H,1,4,7,10,14-15,17-18,20-21,23-24,41-46H2,2-3,5-6,8-9,11-12H3. The number of hydrogen-bond acceptors (Lipinski definition) is 20. The van der Waals surface area contributed by atoms with Crippen LogP contribution in [0.4, 0.5) is 19.2 Å². The summed E-state index contributed by atoms with van der Waals surface area (Å²) >= 11 is 0. The van der Waals surface area contributed by atoms with Crippen LogP contribution in [0.25, 0.3) is 0 Å². The Morgan fingerprint density at radius 3 is 0.693 bits per heavy atom. The third kappa shape index (κ3) is 19.3. The Balaban J connectivity index is 1.53. The quantitative estimate of drug-likeness (QED) is 0.0149. The van der Waals surface area contributed by atoms with Crippen LogP contribution in [0.3, 0.4) is 0 Å². The first-order chi connectivity index (χ1) is 42.2. The lowest BCUT2D eigenvalue weighted by atomic mass is 9.88. The van der Waals surface area contributed by atoms with Gasteiger partial charge in [0.15, 0.2) is 0 Å². The zero-order valence-corrected chi connectivity index (χ0v) is 55.6. The Labute approximate surface area is 518 Å². The van der Waals surface area contributed by atoms with Crippen molar-refractivity contribution in [1.29, 1.82) is 0 Å². The van der Waals surface area contributed by atoms with Gasteiger partial charge in [-0.1, -0.05) is 196 Å². The molecule has 2 atom stereocenters. The van der Waals surface area contributed by atoms with Crippen molar-refractivity contribution in [1.82, 2.24) is 0 Å². The third-order valence-corrected chi connectivity index (χ3v) is 36.2. The van der Waals surface area contributed by atoms with Crippen molar-refractivity contribution >= 4 is 102 Å². The summed E-state index contributed by atoms with van der Waals surface area (Å²) in [6.45, 7) is 30.5. The second-order valence-electron chi connectivity index (χ2n) is 20.8. The molecule has 0 spiro atoms. The minimum absolute atomic E-state index is 0.0662. The molecule has 0 aliphatic carbocycles. The van der Waals surface area contributed by atoms with Crippen LogP contribution < -0.4 is 20.7 Å². The summed E-state index contributed by atoms with van der Waals surface area (Å²) in [5.74, 6) is -6.14. The molecule has 4 rings (SSSR count). The number of benzene rings is 4. The van der Waals surface area contributed by atoms with E-state index < -0.39 is 119 Å². The van der Waals surface area contributed by atoms with Gasteiger partial charge >= 0.3 is 48.5 Å². The molecule has 474 valence electrons. The fraction of sp³-hybridized carbons (Fsp3) is 0.375. The minimum atomic E-state index is -2.01. The average Bonchev–Trinajstić information content (AvgIpc) is 1.53. The molecule has 0 radical (unpaired) electrons. The van der Waals surface area contributed by atoms with E-state index in [1.807, 2.05) is 47.1 Å². The summed E-state index contributed by atoms with van der Waals surface area (Å²) in [5.41, 5.74) is 8.27. The minimum Gasteiger partial charge on any atom is -0.432 e. The van der Waals surface area contributed by atoms with Crippen molar-refractivity contribution in [2.24, 2.45) is 11.8 Å². The van der Waals surface area contributed by atoms with Gasteiger partial charge in [0.25, 0.3) is 0 Å². The zero-order valence-electron chi connectivity index (χ0n) is 51.6. The van der Waals surface area contributed by atoms with Gasteiger partial charge in [-0.15, -0.1) is 26.3 Å². The molecule has 0 heterocycles. The van der Waals surface area contributed by atoms with E-state index in [9.17, 15) is 38.4 Å². The molecule has 0 amide bonds. The Kier molecular flexibility index (Phi) is 29.1. The maximum Gasteiger partial charge on any atom is 0.549 e. The molecule has 0 aliphatic heterocycles.